The van der Waals surface area contributed by atoms with E-state index in [-0.39, 0.29) is 0 Å². The van der Waals surface area contributed by atoms with Crippen LogP contribution in [0.4, 0.5) is 4.79 Å². The Morgan fingerprint density at radius 2 is 2.27 bits per heavy atom. The normalized spacial score (nSPS) is 11.9. The molecule has 0 aliphatic heterocycles. The second-order valence-electron chi connectivity index (χ2n) is 1.96. The third-order valence-corrected chi connectivity index (χ3v) is 1.06. The SMILES string of the molecule is C/C=C\C(=C/N)CNC(N)=O. The van der Waals surface area contributed by atoms with Crippen molar-refractivity contribution in [2.24, 2.45) is 11.5 Å². The molecule has 0 unspecified atom stereocenters. The molecule has 4 nitrogen and oxygen atoms in total. The van der Waals surface area contributed by atoms with Gasteiger partial charge in [0.1, 0.15) is 0 Å². The van der Waals surface area contributed by atoms with Crippen LogP contribution in [0.1, 0.15) is 6.92 Å². The highest BCUT2D eigenvalue weighted by Crippen LogP contribution is 1.90. The molecular formula is C7H13N3O. The van der Waals surface area contributed by atoms with E-state index in [0.717, 1.165) is 5.57 Å². The molecule has 0 aromatic rings. The van der Waals surface area contributed by atoms with Gasteiger partial charge in [0.2, 0.25) is 0 Å². The number of amides is 2. The highest BCUT2D eigenvalue weighted by molar-refractivity contribution is 5.71. The van der Waals surface area contributed by atoms with Crippen molar-refractivity contribution >= 4 is 6.03 Å². The van der Waals surface area contributed by atoms with Crippen LogP contribution < -0.4 is 16.8 Å². The molecule has 4 heteroatoms. The summed E-state index contributed by atoms with van der Waals surface area (Å²) in [6.07, 6.45) is 5.06. The van der Waals surface area contributed by atoms with Gasteiger partial charge in [0.25, 0.3) is 0 Å². The maximum absolute atomic E-state index is 10.2. The quantitative estimate of drug-likeness (QED) is 0.504. The molecule has 11 heavy (non-hydrogen) atoms. The standard InChI is InChI=1S/C7H13N3O/c1-2-3-6(4-8)5-10-7(9)11/h2-4H,5,8H2,1H3,(H3,9,10,11)/b3-2-,6-4+. The molecule has 0 aliphatic carbocycles. The van der Waals surface area contributed by atoms with E-state index in [2.05, 4.69) is 5.32 Å². The maximum atomic E-state index is 10.2. The van der Waals surface area contributed by atoms with E-state index in [4.69, 9.17) is 11.5 Å². The molecule has 0 fully saturated rings. The van der Waals surface area contributed by atoms with E-state index in [1.54, 1.807) is 6.08 Å². The lowest BCUT2D eigenvalue weighted by Gasteiger charge is -2.00. The predicted molar refractivity (Wildman–Crippen MR) is 44.7 cm³/mol. The highest BCUT2D eigenvalue weighted by Gasteiger charge is 1.92. The average molecular weight is 155 g/mol. The second kappa shape index (κ2) is 5.34. The number of urea groups is 1. The van der Waals surface area contributed by atoms with Crippen molar-refractivity contribution in [1.82, 2.24) is 5.32 Å². The molecule has 2 amide bonds. The predicted octanol–water partition coefficient (Wildman–Crippen LogP) is 0.0734. The maximum Gasteiger partial charge on any atom is 0.312 e. The van der Waals surface area contributed by atoms with Gasteiger partial charge in [-0.05, 0) is 18.7 Å². The number of nitrogens with two attached hydrogens (primary N) is 2. The first-order valence-electron chi connectivity index (χ1n) is 3.27. The van der Waals surface area contributed by atoms with Gasteiger partial charge in [-0.15, -0.1) is 0 Å². The third kappa shape index (κ3) is 5.02. The van der Waals surface area contributed by atoms with Gasteiger partial charge in [0.05, 0.1) is 0 Å². The molecule has 0 aromatic carbocycles. The van der Waals surface area contributed by atoms with Gasteiger partial charge in [-0.2, -0.15) is 0 Å². The van der Waals surface area contributed by atoms with Gasteiger partial charge in [0.15, 0.2) is 0 Å². The zero-order valence-electron chi connectivity index (χ0n) is 6.50. The summed E-state index contributed by atoms with van der Waals surface area (Å²) in [5, 5.41) is 2.42. The zero-order chi connectivity index (χ0) is 8.69. The Labute approximate surface area is 65.9 Å². The Morgan fingerprint density at radius 3 is 2.64 bits per heavy atom. The third-order valence-electron chi connectivity index (χ3n) is 1.06. The Morgan fingerprint density at radius 1 is 1.64 bits per heavy atom. The second-order valence-corrected chi connectivity index (χ2v) is 1.96. The fourth-order valence-corrected chi connectivity index (χ4v) is 0.577. The number of hydrogen-bond acceptors (Lipinski definition) is 2. The summed E-state index contributed by atoms with van der Waals surface area (Å²) in [6, 6.07) is -0.547. The van der Waals surface area contributed by atoms with E-state index >= 15 is 0 Å². The summed E-state index contributed by atoms with van der Waals surface area (Å²) in [5.41, 5.74) is 10.9. The number of allylic oxidation sites excluding steroid dienone is 1. The fraction of sp³-hybridized carbons (Fsp3) is 0.286. The highest BCUT2D eigenvalue weighted by atomic mass is 16.2. The smallest absolute Gasteiger partial charge is 0.312 e. The molecule has 0 aromatic heterocycles. The molecule has 0 spiro atoms. The van der Waals surface area contributed by atoms with E-state index in [9.17, 15) is 4.79 Å². The monoisotopic (exact) mass is 155 g/mol. The Kier molecular flexibility index (Phi) is 4.64. The molecule has 0 aliphatic rings. The molecule has 0 saturated carbocycles. The van der Waals surface area contributed by atoms with Gasteiger partial charge in [0, 0.05) is 6.54 Å². The van der Waals surface area contributed by atoms with Crippen LogP contribution in [0.2, 0.25) is 0 Å². The summed E-state index contributed by atoms with van der Waals surface area (Å²) in [6.45, 7) is 2.24. The van der Waals surface area contributed by atoms with E-state index < -0.39 is 6.03 Å². The first-order chi connectivity index (χ1) is 5.20. The van der Waals surface area contributed by atoms with Gasteiger partial charge in [-0.25, -0.2) is 4.79 Å². The molecule has 0 heterocycles. The van der Waals surface area contributed by atoms with Crippen molar-refractivity contribution < 1.29 is 4.79 Å². The first kappa shape index (κ1) is 9.55. The lowest BCUT2D eigenvalue weighted by molar-refractivity contribution is 0.250. The Balaban J connectivity index is 3.81. The van der Waals surface area contributed by atoms with Gasteiger partial charge < -0.3 is 16.8 Å². The van der Waals surface area contributed by atoms with Crippen molar-refractivity contribution in [1.29, 1.82) is 0 Å². The lowest BCUT2D eigenvalue weighted by Crippen LogP contribution is -2.30. The molecule has 0 saturated heterocycles. The van der Waals surface area contributed by atoms with E-state index in [1.165, 1.54) is 6.20 Å². The van der Waals surface area contributed by atoms with Crippen LogP contribution in [-0.2, 0) is 0 Å². The van der Waals surface area contributed by atoms with Gasteiger partial charge in [-0.3, -0.25) is 0 Å². The number of carbonyl (C=O) groups is 1. The number of nitrogens with one attached hydrogen (secondary N) is 1. The van der Waals surface area contributed by atoms with E-state index in [1.807, 2.05) is 13.0 Å². The number of primary amides is 1. The molecular weight excluding hydrogens is 142 g/mol. The number of carbonyl (C=O) groups excluding carboxylic acids is 1. The summed E-state index contributed by atoms with van der Waals surface area (Å²) in [7, 11) is 0. The molecule has 0 rings (SSSR count). The van der Waals surface area contributed by atoms with Crippen LogP contribution in [0, 0.1) is 0 Å². The van der Waals surface area contributed by atoms with Crippen molar-refractivity contribution in [3.05, 3.63) is 23.9 Å². The van der Waals surface area contributed by atoms with Crippen molar-refractivity contribution in [2.45, 2.75) is 6.92 Å². The van der Waals surface area contributed by atoms with Crippen molar-refractivity contribution in [3.8, 4) is 0 Å². The van der Waals surface area contributed by atoms with Crippen LogP contribution in [0.15, 0.2) is 23.9 Å². The summed E-state index contributed by atoms with van der Waals surface area (Å²) < 4.78 is 0. The van der Waals surface area contributed by atoms with Gasteiger partial charge >= 0.3 is 6.03 Å². The topological polar surface area (TPSA) is 81.1 Å². The molecule has 0 bridgehead atoms. The van der Waals surface area contributed by atoms with Gasteiger partial charge in [-0.1, -0.05) is 12.2 Å². The molecule has 5 N–H and O–H groups in total. The number of rotatable bonds is 3. The Bertz CT molecular complexity index is 184. The number of hydrogen-bond donors (Lipinski definition) is 3. The van der Waals surface area contributed by atoms with Crippen LogP contribution >= 0.6 is 0 Å². The minimum Gasteiger partial charge on any atom is -0.404 e. The molecule has 0 radical (unpaired) electrons. The largest absolute Gasteiger partial charge is 0.404 e. The minimum absolute atomic E-state index is 0.371. The van der Waals surface area contributed by atoms with Crippen molar-refractivity contribution in [2.75, 3.05) is 6.54 Å². The lowest BCUT2D eigenvalue weighted by atomic mass is 10.2. The molecule has 0 atom stereocenters. The van der Waals surface area contributed by atoms with Crippen LogP contribution in [0.3, 0.4) is 0 Å². The van der Waals surface area contributed by atoms with Crippen molar-refractivity contribution in [3.63, 3.8) is 0 Å². The summed E-state index contributed by atoms with van der Waals surface area (Å²) in [5.74, 6) is 0. The first-order valence-corrected chi connectivity index (χ1v) is 3.27. The summed E-state index contributed by atoms with van der Waals surface area (Å²) in [4.78, 5) is 10.2. The summed E-state index contributed by atoms with van der Waals surface area (Å²) >= 11 is 0. The Hall–Kier alpha value is -1.45. The minimum atomic E-state index is -0.547. The fourth-order valence-electron chi connectivity index (χ4n) is 0.577. The van der Waals surface area contributed by atoms with Crippen LogP contribution in [0.5, 0.6) is 0 Å². The molecule has 62 valence electrons. The van der Waals surface area contributed by atoms with Crippen LogP contribution in [-0.4, -0.2) is 12.6 Å². The zero-order valence-corrected chi connectivity index (χ0v) is 6.50. The van der Waals surface area contributed by atoms with E-state index in [0.29, 0.717) is 6.54 Å². The average Bonchev–Trinajstić information content (AvgIpc) is 1.97. The van der Waals surface area contributed by atoms with Crippen LogP contribution in [0.25, 0.3) is 0 Å².